The molecule has 0 atom stereocenters. The predicted molar refractivity (Wildman–Crippen MR) is 69.8 cm³/mol. The molecule has 1 aromatic heterocycles. The second-order valence-corrected chi connectivity index (χ2v) is 4.80. The molecule has 0 fully saturated rings. The smallest absolute Gasteiger partial charge is 0.161 e. The van der Waals surface area contributed by atoms with Gasteiger partial charge in [-0.3, -0.25) is 0 Å². The van der Waals surface area contributed by atoms with Gasteiger partial charge in [0.2, 0.25) is 0 Å². The average molecular weight is 367 g/mol. The van der Waals surface area contributed by atoms with E-state index in [-0.39, 0.29) is 5.82 Å². The van der Waals surface area contributed by atoms with Crippen LogP contribution in [0, 0.1) is 22.1 Å². The first-order chi connectivity index (χ1) is 7.99. The first kappa shape index (κ1) is 12.6. The molecule has 1 aromatic carbocycles. The Kier molecular flexibility index (Phi) is 3.58. The molecule has 1 heterocycles. The summed E-state index contributed by atoms with van der Waals surface area (Å²) in [6.45, 7) is 1.78. The van der Waals surface area contributed by atoms with Crippen molar-refractivity contribution in [3.05, 3.63) is 44.3 Å². The van der Waals surface area contributed by atoms with Gasteiger partial charge < -0.3 is 0 Å². The molecule has 0 saturated carbocycles. The Hall–Kier alpha value is -0.820. The zero-order valence-electron chi connectivity index (χ0n) is 8.64. The lowest BCUT2D eigenvalue weighted by Gasteiger charge is -2.05. The van der Waals surface area contributed by atoms with E-state index in [0.29, 0.717) is 16.4 Å². The normalized spacial score (nSPS) is 10.6. The van der Waals surface area contributed by atoms with Crippen LogP contribution in [0.25, 0.3) is 11.4 Å². The van der Waals surface area contributed by atoms with Gasteiger partial charge in [-0.25, -0.2) is 18.7 Å². The van der Waals surface area contributed by atoms with E-state index in [1.165, 1.54) is 6.07 Å². The Balaban J connectivity index is 2.57. The van der Waals surface area contributed by atoms with Gasteiger partial charge in [0, 0.05) is 5.56 Å². The van der Waals surface area contributed by atoms with E-state index in [1.807, 2.05) is 22.6 Å². The molecule has 0 aliphatic rings. The Morgan fingerprint density at radius 3 is 2.47 bits per heavy atom. The number of halogens is 4. The highest BCUT2D eigenvalue weighted by Crippen LogP contribution is 2.24. The molecule has 0 radical (unpaired) electrons. The van der Waals surface area contributed by atoms with E-state index in [4.69, 9.17) is 11.6 Å². The Morgan fingerprint density at radius 2 is 1.88 bits per heavy atom. The summed E-state index contributed by atoms with van der Waals surface area (Å²) in [5.74, 6) is -1.55. The SMILES string of the molecule is Cc1nc(-c2ccc(F)c(F)c2)nc(Cl)c1I. The van der Waals surface area contributed by atoms with Gasteiger partial charge in [0.25, 0.3) is 0 Å². The van der Waals surface area contributed by atoms with Crippen molar-refractivity contribution in [2.75, 3.05) is 0 Å². The molecule has 2 nitrogen and oxygen atoms in total. The van der Waals surface area contributed by atoms with Crippen molar-refractivity contribution in [1.29, 1.82) is 0 Å². The van der Waals surface area contributed by atoms with E-state index in [2.05, 4.69) is 9.97 Å². The largest absolute Gasteiger partial charge is 0.232 e. The number of rotatable bonds is 1. The maximum Gasteiger partial charge on any atom is 0.161 e. The maximum absolute atomic E-state index is 13.1. The number of benzene rings is 1. The molecular weight excluding hydrogens is 360 g/mol. The minimum Gasteiger partial charge on any atom is -0.232 e. The van der Waals surface area contributed by atoms with Crippen LogP contribution in [0.4, 0.5) is 8.78 Å². The summed E-state index contributed by atoms with van der Waals surface area (Å²) in [6.07, 6.45) is 0. The lowest BCUT2D eigenvalue weighted by atomic mass is 10.2. The molecule has 88 valence electrons. The number of hydrogen-bond donors (Lipinski definition) is 0. The summed E-state index contributed by atoms with van der Waals surface area (Å²) in [5, 5.41) is 0.304. The van der Waals surface area contributed by atoms with Crippen LogP contribution in [-0.2, 0) is 0 Å². The van der Waals surface area contributed by atoms with Gasteiger partial charge >= 0.3 is 0 Å². The number of aromatic nitrogens is 2. The molecule has 2 rings (SSSR count). The Bertz CT molecular complexity index is 567. The first-order valence-corrected chi connectivity index (χ1v) is 6.10. The molecule has 0 N–H and O–H groups in total. The highest BCUT2D eigenvalue weighted by molar-refractivity contribution is 14.1. The van der Waals surface area contributed by atoms with Crippen LogP contribution in [0.3, 0.4) is 0 Å². The summed E-state index contributed by atoms with van der Waals surface area (Å²) < 4.78 is 26.6. The van der Waals surface area contributed by atoms with Crippen molar-refractivity contribution in [3.8, 4) is 11.4 Å². The minimum atomic E-state index is -0.932. The van der Waals surface area contributed by atoms with E-state index in [9.17, 15) is 8.78 Å². The van der Waals surface area contributed by atoms with Crippen molar-refractivity contribution in [3.63, 3.8) is 0 Å². The van der Waals surface area contributed by atoms with Gasteiger partial charge in [0.05, 0.1) is 9.26 Å². The van der Waals surface area contributed by atoms with E-state index >= 15 is 0 Å². The number of hydrogen-bond acceptors (Lipinski definition) is 2. The fourth-order valence-electron chi connectivity index (χ4n) is 1.29. The topological polar surface area (TPSA) is 25.8 Å². The lowest BCUT2D eigenvalue weighted by molar-refractivity contribution is 0.509. The predicted octanol–water partition coefficient (Wildman–Crippen LogP) is 3.99. The van der Waals surface area contributed by atoms with Crippen LogP contribution in [0.15, 0.2) is 18.2 Å². The molecule has 0 aliphatic carbocycles. The highest BCUT2D eigenvalue weighted by Gasteiger charge is 2.11. The molecular formula is C11H6ClF2IN2. The summed E-state index contributed by atoms with van der Waals surface area (Å²) in [4.78, 5) is 8.21. The van der Waals surface area contributed by atoms with Crippen molar-refractivity contribution in [2.24, 2.45) is 0 Å². The van der Waals surface area contributed by atoms with Crippen molar-refractivity contribution in [1.82, 2.24) is 9.97 Å². The van der Waals surface area contributed by atoms with E-state index in [1.54, 1.807) is 6.92 Å². The third kappa shape index (κ3) is 2.55. The van der Waals surface area contributed by atoms with Crippen LogP contribution < -0.4 is 0 Å². The monoisotopic (exact) mass is 366 g/mol. The molecule has 0 spiro atoms. The fraction of sp³-hybridized carbons (Fsp3) is 0.0909. The number of nitrogens with zero attached hydrogens (tertiary/aromatic N) is 2. The van der Waals surface area contributed by atoms with Gasteiger partial charge in [-0.2, -0.15) is 0 Å². The molecule has 0 bridgehead atoms. The average Bonchev–Trinajstić information content (AvgIpc) is 2.29. The minimum absolute atomic E-state index is 0.284. The fourth-order valence-corrected chi connectivity index (χ4v) is 1.75. The van der Waals surface area contributed by atoms with E-state index < -0.39 is 11.6 Å². The molecule has 0 amide bonds. The highest BCUT2D eigenvalue weighted by atomic mass is 127. The first-order valence-electron chi connectivity index (χ1n) is 4.64. The maximum atomic E-state index is 13.1. The Labute approximate surface area is 115 Å². The zero-order valence-corrected chi connectivity index (χ0v) is 11.6. The van der Waals surface area contributed by atoms with Crippen molar-refractivity contribution in [2.45, 2.75) is 6.92 Å². The van der Waals surface area contributed by atoms with Crippen molar-refractivity contribution < 1.29 is 8.78 Å². The molecule has 0 aliphatic heterocycles. The summed E-state index contributed by atoms with van der Waals surface area (Å²) >= 11 is 7.94. The lowest BCUT2D eigenvalue weighted by Crippen LogP contribution is -1.97. The van der Waals surface area contributed by atoms with Gasteiger partial charge in [-0.15, -0.1) is 0 Å². The third-order valence-corrected chi connectivity index (χ3v) is 4.04. The summed E-state index contributed by atoms with van der Waals surface area (Å²) in [6, 6.07) is 3.50. The summed E-state index contributed by atoms with van der Waals surface area (Å²) in [7, 11) is 0. The second kappa shape index (κ2) is 4.81. The van der Waals surface area contributed by atoms with Gasteiger partial charge in [0.15, 0.2) is 17.5 Å². The zero-order chi connectivity index (χ0) is 12.6. The standard InChI is InChI=1S/C11H6ClF2IN2/c1-5-9(15)10(12)17-11(16-5)6-2-3-7(13)8(14)4-6/h2-4H,1H3. The van der Waals surface area contributed by atoms with Gasteiger partial charge in [0.1, 0.15) is 5.15 Å². The van der Waals surface area contributed by atoms with Gasteiger partial charge in [-0.1, -0.05) is 11.6 Å². The molecule has 6 heteroatoms. The molecule has 0 unspecified atom stereocenters. The van der Waals surface area contributed by atoms with Crippen LogP contribution >= 0.6 is 34.2 Å². The third-order valence-electron chi connectivity index (χ3n) is 2.15. The molecule has 2 aromatic rings. The quantitative estimate of drug-likeness (QED) is 0.563. The van der Waals surface area contributed by atoms with E-state index in [0.717, 1.165) is 15.7 Å². The number of aryl methyl sites for hydroxylation is 1. The second-order valence-electron chi connectivity index (χ2n) is 3.37. The van der Waals surface area contributed by atoms with Crippen LogP contribution in [0.1, 0.15) is 5.69 Å². The summed E-state index contributed by atoms with van der Waals surface area (Å²) in [5.41, 5.74) is 1.09. The molecule has 0 saturated heterocycles. The van der Waals surface area contributed by atoms with Crippen LogP contribution in [-0.4, -0.2) is 9.97 Å². The van der Waals surface area contributed by atoms with Crippen LogP contribution in [0.5, 0.6) is 0 Å². The van der Waals surface area contributed by atoms with Gasteiger partial charge in [-0.05, 0) is 47.7 Å². The molecule has 17 heavy (non-hydrogen) atoms. The van der Waals surface area contributed by atoms with Crippen molar-refractivity contribution >= 4 is 34.2 Å². The Morgan fingerprint density at radius 1 is 1.18 bits per heavy atom. The van der Waals surface area contributed by atoms with Crippen LogP contribution in [0.2, 0.25) is 5.15 Å².